The monoisotopic (exact) mass is 738 g/mol. The van der Waals surface area contributed by atoms with Crippen molar-refractivity contribution in [2.75, 3.05) is 0 Å². The number of aliphatic hydroxyl groups excluding tert-OH is 1. The van der Waals surface area contributed by atoms with Gasteiger partial charge in [-0.2, -0.15) is 0 Å². The third-order valence-corrected chi connectivity index (χ3v) is 12.0. The van der Waals surface area contributed by atoms with Crippen LogP contribution in [0.1, 0.15) is 56.6 Å². The van der Waals surface area contributed by atoms with Crippen molar-refractivity contribution >= 4 is 39.7 Å². The molecule has 0 spiro atoms. The van der Waals surface area contributed by atoms with Crippen LogP contribution in [0.15, 0.2) is 70.9 Å². The molecule has 2 aromatic rings. The molecular weight excluding hydrogens is 696 g/mol. The van der Waals surface area contributed by atoms with Crippen molar-refractivity contribution in [2.24, 2.45) is 41.4 Å². The van der Waals surface area contributed by atoms with Gasteiger partial charge < -0.3 is 34.7 Å². The van der Waals surface area contributed by atoms with Gasteiger partial charge in [0.1, 0.15) is 24.0 Å². The fourth-order valence-electron chi connectivity index (χ4n) is 8.73. The second-order valence-corrected chi connectivity index (χ2v) is 14.8. The van der Waals surface area contributed by atoms with Crippen LogP contribution in [0.4, 0.5) is 0 Å². The molecule has 2 heterocycles. The van der Waals surface area contributed by atoms with Gasteiger partial charge in [-0.25, -0.2) is 9.59 Å². The predicted octanol–water partition coefficient (Wildman–Crippen LogP) is 4.24. The number of carbonyl (C=O) groups is 4. The van der Waals surface area contributed by atoms with Crippen molar-refractivity contribution in [3.63, 3.8) is 0 Å². The highest BCUT2D eigenvalue weighted by molar-refractivity contribution is 9.10. The first-order valence-corrected chi connectivity index (χ1v) is 17.7. The van der Waals surface area contributed by atoms with Crippen molar-refractivity contribution < 1.29 is 43.6 Å². The van der Waals surface area contributed by atoms with E-state index in [0.717, 1.165) is 10.0 Å². The van der Waals surface area contributed by atoms with Crippen LogP contribution < -0.4 is 5.32 Å². The molecule has 11 nitrogen and oxygen atoms in total. The van der Waals surface area contributed by atoms with Crippen molar-refractivity contribution in [1.29, 1.82) is 0 Å². The average molecular weight is 740 g/mol. The fraction of sp³-hybridized carbons (Fsp3) is 0.514. The third-order valence-electron chi connectivity index (χ3n) is 11.2. The number of cyclic esters (lactones) is 1. The van der Waals surface area contributed by atoms with Gasteiger partial charge in [0.05, 0.1) is 11.7 Å². The van der Waals surface area contributed by atoms with Gasteiger partial charge in [-0.3, -0.25) is 9.59 Å². The zero-order chi connectivity index (χ0) is 35.2. The predicted molar refractivity (Wildman–Crippen MR) is 180 cm³/mol. The van der Waals surface area contributed by atoms with Gasteiger partial charge in [-0.05, 0) is 61.4 Å². The first-order chi connectivity index (χ1) is 23.3. The molecule has 1 aromatic heterocycles. The van der Waals surface area contributed by atoms with Gasteiger partial charge in [0.25, 0.3) is 0 Å². The van der Waals surface area contributed by atoms with E-state index in [4.69, 9.17) is 14.2 Å². The number of rotatable bonds is 6. The standard InChI is InChI=1S/C37H43BrN2O9/c1-18-16-19(2)37(46)23(11-13-24-28-29(30(24)37)31(42)20(3)33(28)49-35(44)26-10-7-15-39-26)12-14-27(41)48-32(18)21(4)47-36(45)34(43)40-17-22-8-5-6-9-25(22)38/h5-11,13,15-16,18,20-21,23-24,28-33,39,42,46H,12,14,17H2,1-4H3,(H,40,43)/b19-16+/t18-,20-,21-,23?,24?,28+,29?,30?,31-,32?,33-,37+/m1/s1. The molecule has 1 aromatic carbocycles. The number of H-pyrrole nitrogens is 1. The molecule has 2 fully saturated rings. The van der Waals surface area contributed by atoms with E-state index in [1.54, 1.807) is 32.2 Å². The number of amides is 1. The van der Waals surface area contributed by atoms with Crippen LogP contribution in [0.3, 0.4) is 0 Å². The van der Waals surface area contributed by atoms with Crippen molar-refractivity contribution in [1.82, 2.24) is 10.3 Å². The Bertz CT molecular complexity index is 1660. The molecule has 12 atom stereocenters. The topological polar surface area (TPSA) is 164 Å². The highest BCUT2D eigenvalue weighted by Crippen LogP contribution is 2.66. The van der Waals surface area contributed by atoms with Gasteiger partial charge in [0.2, 0.25) is 0 Å². The number of ether oxygens (including phenoxy) is 3. The maximum absolute atomic E-state index is 13.1. The van der Waals surface area contributed by atoms with Gasteiger partial charge in [-0.1, -0.05) is 66.2 Å². The SMILES string of the molecule is C/C1=C\[C@@H](C)C([C@@H](C)OC(=O)C(=O)NCc2ccccc2Br)OC(=O)CCC2C=CC3C(C4[C@H]3[C@H](OC(=O)c3ccc[nH]3)[C@H](C)[C@H]4O)[C@]12O. The lowest BCUT2D eigenvalue weighted by atomic mass is 9.46. The van der Waals surface area contributed by atoms with Crippen LogP contribution in [0.2, 0.25) is 0 Å². The molecule has 5 unspecified atom stereocenters. The van der Waals surface area contributed by atoms with Crippen LogP contribution in [-0.4, -0.2) is 69.0 Å². The van der Waals surface area contributed by atoms with Gasteiger partial charge in [0, 0.05) is 53.2 Å². The molecule has 3 aliphatic carbocycles. The average Bonchev–Trinajstić information content (AvgIpc) is 3.66. The summed E-state index contributed by atoms with van der Waals surface area (Å²) in [5.74, 6) is -5.36. The first-order valence-electron chi connectivity index (χ1n) is 16.9. The van der Waals surface area contributed by atoms with E-state index in [9.17, 15) is 29.4 Å². The quantitative estimate of drug-likeness (QED) is 0.147. The van der Waals surface area contributed by atoms with E-state index in [1.807, 2.05) is 56.3 Å². The molecule has 0 bridgehead atoms. The third kappa shape index (κ3) is 6.39. The maximum atomic E-state index is 13.1. The number of fused-ring (bicyclic) bond motifs is 6. The normalized spacial score (nSPS) is 36.7. The smallest absolute Gasteiger partial charge is 0.397 e. The lowest BCUT2D eigenvalue weighted by Gasteiger charge is -2.61. The zero-order valence-corrected chi connectivity index (χ0v) is 29.5. The molecule has 4 N–H and O–H groups in total. The minimum absolute atomic E-state index is 0.00173. The van der Waals surface area contributed by atoms with Gasteiger partial charge in [0.15, 0.2) is 0 Å². The second kappa shape index (κ2) is 13.9. The molecular formula is C37H43BrN2O9. The van der Waals surface area contributed by atoms with E-state index in [2.05, 4.69) is 26.2 Å². The van der Waals surface area contributed by atoms with Crippen LogP contribution in [0, 0.1) is 41.4 Å². The summed E-state index contributed by atoms with van der Waals surface area (Å²) in [5.41, 5.74) is 0.374. The molecule has 0 saturated heterocycles. The lowest BCUT2D eigenvalue weighted by molar-refractivity contribution is -0.180. The molecule has 0 radical (unpaired) electrons. The number of aliphatic hydroxyl groups is 2. The van der Waals surface area contributed by atoms with E-state index < -0.39 is 65.7 Å². The Morgan fingerprint density at radius 1 is 1.14 bits per heavy atom. The van der Waals surface area contributed by atoms with E-state index in [1.165, 1.54) is 0 Å². The molecule has 1 amide bonds. The van der Waals surface area contributed by atoms with Crippen LogP contribution in [0.5, 0.6) is 0 Å². The Labute approximate surface area is 293 Å². The van der Waals surface area contributed by atoms with Gasteiger partial charge in [-0.15, -0.1) is 0 Å². The summed E-state index contributed by atoms with van der Waals surface area (Å²) in [4.78, 5) is 54.3. The number of hydrogen-bond donors (Lipinski definition) is 4. The molecule has 2 saturated carbocycles. The highest BCUT2D eigenvalue weighted by Gasteiger charge is 2.70. The minimum Gasteiger partial charge on any atom is -0.458 e. The number of halogens is 1. The summed E-state index contributed by atoms with van der Waals surface area (Å²) in [6, 6.07) is 10.7. The second-order valence-electron chi connectivity index (χ2n) is 14.0. The summed E-state index contributed by atoms with van der Waals surface area (Å²) < 4.78 is 18.1. The number of aromatic nitrogens is 1. The largest absolute Gasteiger partial charge is 0.458 e. The first kappa shape index (κ1) is 35.1. The summed E-state index contributed by atoms with van der Waals surface area (Å²) in [6.45, 7) is 7.20. The van der Waals surface area contributed by atoms with Crippen LogP contribution >= 0.6 is 15.9 Å². The van der Waals surface area contributed by atoms with Crippen LogP contribution in [-0.2, 0) is 35.1 Å². The lowest BCUT2D eigenvalue weighted by Crippen LogP contribution is -2.64. The number of esters is 3. The Morgan fingerprint density at radius 2 is 1.90 bits per heavy atom. The Balaban J connectivity index is 1.19. The summed E-state index contributed by atoms with van der Waals surface area (Å²) in [7, 11) is 0. The number of nitrogens with one attached hydrogen (secondary N) is 2. The molecule has 12 heteroatoms. The van der Waals surface area contributed by atoms with Crippen LogP contribution in [0.25, 0.3) is 0 Å². The number of aromatic amines is 1. The molecule has 6 rings (SSSR count). The Hall–Kier alpha value is -3.74. The number of carbonyl (C=O) groups excluding carboxylic acids is 4. The summed E-state index contributed by atoms with van der Waals surface area (Å²) >= 11 is 3.42. The summed E-state index contributed by atoms with van der Waals surface area (Å²) in [6.07, 6.45) is 4.52. The number of allylic oxidation sites excluding steroid dienone is 1. The fourth-order valence-corrected chi connectivity index (χ4v) is 9.15. The van der Waals surface area contributed by atoms with Crippen molar-refractivity contribution in [3.8, 4) is 0 Å². The molecule has 262 valence electrons. The Morgan fingerprint density at radius 3 is 2.61 bits per heavy atom. The molecule has 1 aliphatic heterocycles. The number of hydrogen-bond acceptors (Lipinski definition) is 9. The van der Waals surface area contributed by atoms with Crippen molar-refractivity contribution in [3.05, 3.63) is 82.1 Å². The highest BCUT2D eigenvalue weighted by atomic mass is 79.9. The van der Waals surface area contributed by atoms with E-state index >= 15 is 0 Å². The number of benzene rings is 1. The Kier molecular flexibility index (Phi) is 9.94. The van der Waals surface area contributed by atoms with E-state index in [-0.39, 0.29) is 42.6 Å². The molecule has 49 heavy (non-hydrogen) atoms. The molecule has 4 aliphatic rings. The zero-order valence-electron chi connectivity index (χ0n) is 27.9. The maximum Gasteiger partial charge on any atom is 0.397 e. The summed E-state index contributed by atoms with van der Waals surface area (Å²) in [5, 5.41) is 26.8. The van der Waals surface area contributed by atoms with Gasteiger partial charge >= 0.3 is 23.8 Å². The van der Waals surface area contributed by atoms with Crippen molar-refractivity contribution in [2.45, 2.75) is 77.1 Å². The van der Waals surface area contributed by atoms with E-state index in [0.29, 0.717) is 17.7 Å². The minimum atomic E-state index is -1.40.